The van der Waals surface area contributed by atoms with Gasteiger partial charge in [-0.1, -0.05) is 58.0 Å². The topological polar surface area (TPSA) is 46.6 Å². The van der Waals surface area contributed by atoms with Crippen molar-refractivity contribution in [3.05, 3.63) is 35.9 Å². The molecule has 2 rings (SSSR count). The summed E-state index contributed by atoms with van der Waals surface area (Å²) in [5.41, 5.74) is 1.08. The van der Waals surface area contributed by atoms with Crippen molar-refractivity contribution in [2.75, 3.05) is 0 Å². The van der Waals surface area contributed by atoms with Crippen molar-refractivity contribution in [3.8, 4) is 0 Å². The summed E-state index contributed by atoms with van der Waals surface area (Å²) in [4.78, 5) is 26.2. The zero-order valence-electron chi connectivity index (χ0n) is 17.2. The van der Waals surface area contributed by atoms with E-state index in [4.69, 9.17) is 4.43 Å². The van der Waals surface area contributed by atoms with Crippen molar-refractivity contribution >= 4 is 20.5 Å². The van der Waals surface area contributed by atoms with Gasteiger partial charge in [-0.05, 0) is 30.6 Å². The van der Waals surface area contributed by atoms with E-state index in [1.54, 1.807) is 0 Å². The van der Waals surface area contributed by atoms with Gasteiger partial charge in [0.2, 0.25) is 5.91 Å². The van der Waals surface area contributed by atoms with Gasteiger partial charge in [-0.25, -0.2) is 0 Å². The smallest absolute Gasteiger partial charge is 0.230 e. The lowest BCUT2D eigenvalue weighted by molar-refractivity contribution is -0.168. The molecule has 4 nitrogen and oxygen atoms in total. The van der Waals surface area contributed by atoms with Gasteiger partial charge < -0.3 is 14.1 Å². The standard InChI is InChI=1S/C21H33NO3Si/c1-15(14-23)19-18(16(2)25-26(6,7)21(3,4)5)20(24)22(19)13-17-11-9-8-10-12-17/h8-12,14-16,18-19H,13H2,1-7H3/t15-,16-,18-,19-/m1/s1. The molecule has 0 radical (unpaired) electrons. The van der Waals surface area contributed by atoms with Crippen LogP contribution in [-0.2, 0) is 20.6 Å². The molecule has 0 aliphatic carbocycles. The maximum absolute atomic E-state index is 12.9. The molecule has 1 amide bonds. The fourth-order valence-corrected chi connectivity index (χ4v) is 4.87. The van der Waals surface area contributed by atoms with E-state index in [2.05, 4.69) is 33.9 Å². The van der Waals surface area contributed by atoms with Gasteiger partial charge in [-0.15, -0.1) is 0 Å². The molecule has 0 N–H and O–H groups in total. The van der Waals surface area contributed by atoms with Crippen LogP contribution in [0.15, 0.2) is 30.3 Å². The minimum absolute atomic E-state index is 0.0869. The predicted octanol–water partition coefficient (Wildman–Crippen LogP) is 4.26. The van der Waals surface area contributed by atoms with Crippen LogP contribution in [0.2, 0.25) is 18.1 Å². The van der Waals surface area contributed by atoms with Crippen molar-refractivity contribution in [3.63, 3.8) is 0 Å². The molecule has 26 heavy (non-hydrogen) atoms. The molecule has 0 unspecified atom stereocenters. The third-order valence-corrected chi connectivity index (χ3v) is 10.6. The SMILES string of the molecule is C[C@H](C=O)[C@@H]1[C@@H]([C@@H](C)O[Si](C)(C)C(C)(C)C)C(=O)N1Cc1ccccc1. The summed E-state index contributed by atoms with van der Waals surface area (Å²) in [6, 6.07) is 9.83. The molecule has 1 aliphatic rings. The highest BCUT2D eigenvalue weighted by Gasteiger charge is 2.53. The average molecular weight is 376 g/mol. The quantitative estimate of drug-likeness (QED) is 0.406. The lowest BCUT2D eigenvalue weighted by atomic mass is 9.76. The molecule has 1 aromatic rings. The lowest BCUT2D eigenvalue weighted by Gasteiger charge is -2.52. The van der Waals surface area contributed by atoms with Crippen LogP contribution in [0, 0.1) is 11.8 Å². The van der Waals surface area contributed by atoms with Gasteiger partial charge in [-0.3, -0.25) is 4.79 Å². The lowest BCUT2D eigenvalue weighted by Crippen LogP contribution is -2.67. The van der Waals surface area contributed by atoms with Crippen LogP contribution in [0.3, 0.4) is 0 Å². The largest absolute Gasteiger partial charge is 0.413 e. The molecule has 1 saturated heterocycles. The Morgan fingerprint density at radius 2 is 1.77 bits per heavy atom. The monoisotopic (exact) mass is 375 g/mol. The van der Waals surface area contributed by atoms with Gasteiger partial charge in [0.15, 0.2) is 8.32 Å². The van der Waals surface area contributed by atoms with Crippen molar-refractivity contribution in [2.45, 2.75) is 71.4 Å². The maximum Gasteiger partial charge on any atom is 0.230 e. The second-order valence-corrected chi connectivity index (χ2v) is 13.8. The Balaban J connectivity index is 2.17. The van der Waals surface area contributed by atoms with E-state index in [9.17, 15) is 9.59 Å². The molecule has 1 aliphatic heterocycles. The zero-order chi connectivity index (χ0) is 19.7. The molecule has 0 spiro atoms. The van der Waals surface area contributed by atoms with Crippen molar-refractivity contribution in [1.29, 1.82) is 0 Å². The van der Waals surface area contributed by atoms with Crippen molar-refractivity contribution in [2.24, 2.45) is 11.8 Å². The van der Waals surface area contributed by atoms with E-state index in [1.165, 1.54) is 0 Å². The van der Waals surface area contributed by atoms with E-state index in [0.717, 1.165) is 11.8 Å². The van der Waals surface area contributed by atoms with E-state index in [1.807, 2.05) is 49.1 Å². The van der Waals surface area contributed by atoms with Gasteiger partial charge in [-0.2, -0.15) is 0 Å². The third kappa shape index (κ3) is 4.09. The van der Waals surface area contributed by atoms with Crippen LogP contribution in [0.5, 0.6) is 0 Å². The summed E-state index contributed by atoms with van der Waals surface area (Å²) in [5, 5.41) is 0.0869. The Hall–Kier alpha value is -1.46. The number of hydrogen-bond donors (Lipinski definition) is 0. The first-order valence-electron chi connectivity index (χ1n) is 9.47. The summed E-state index contributed by atoms with van der Waals surface area (Å²) in [7, 11) is -1.97. The van der Waals surface area contributed by atoms with Crippen molar-refractivity contribution < 1.29 is 14.0 Å². The van der Waals surface area contributed by atoms with Gasteiger partial charge in [0.1, 0.15) is 6.29 Å². The Labute approximate surface area is 159 Å². The van der Waals surface area contributed by atoms with Gasteiger partial charge in [0.25, 0.3) is 0 Å². The first kappa shape index (κ1) is 20.8. The van der Waals surface area contributed by atoms with Crippen LogP contribution in [0.4, 0.5) is 0 Å². The molecule has 1 aromatic carbocycles. The third-order valence-electron chi connectivity index (χ3n) is 6.04. The number of hydrogen-bond acceptors (Lipinski definition) is 3. The molecule has 0 saturated carbocycles. The van der Waals surface area contributed by atoms with Crippen LogP contribution in [-0.4, -0.2) is 37.6 Å². The number of benzene rings is 1. The molecular formula is C21H33NO3Si. The Morgan fingerprint density at radius 3 is 2.27 bits per heavy atom. The van der Waals surface area contributed by atoms with E-state index < -0.39 is 8.32 Å². The van der Waals surface area contributed by atoms with Crippen LogP contribution < -0.4 is 0 Å². The highest BCUT2D eigenvalue weighted by Crippen LogP contribution is 2.42. The molecule has 4 atom stereocenters. The second-order valence-electron chi connectivity index (χ2n) is 9.05. The minimum Gasteiger partial charge on any atom is -0.413 e. The normalized spacial score (nSPS) is 23.3. The minimum atomic E-state index is -1.97. The Morgan fingerprint density at radius 1 is 1.19 bits per heavy atom. The fourth-order valence-electron chi connectivity index (χ4n) is 3.44. The zero-order valence-corrected chi connectivity index (χ0v) is 18.2. The number of aldehydes is 1. The van der Waals surface area contributed by atoms with Crippen molar-refractivity contribution in [1.82, 2.24) is 4.90 Å². The van der Waals surface area contributed by atoms with E-state index in [0.29, 0.717) is 6.54 Å². The summed E-state index contributed by atoms with van der Waals surface area (Å²) < 4.78 is 6.48. The Kier molecular flexibility index (Phi) is 6.13. The number of carbonyl (C=O) groups excluding carboxylic acids is 2. The van der Waals surface area contributed by atoms with Crippen LogP contribution in [0.1, 0.15) is 40.2 Å². The highest BCUT2D eigenvalue weighted by atomic mass is 28.4. The number of likely N-dealkylation sites (tertiary alicyclic amines) is 1. The van der Waals surface area contributed by atoms with Crippen LogP contribution >= 0.6 is 0 Å². The predicted molar refractivity (Wildman–Crippen MR) is 107 cm³/mol. The van der Waals surface area contributed by atoms with Gasteiger partial charge in [0.05, 0.1) is 18.1 Å². The summed E-state index contributed by atoms with van der Waals surface area (Å²) in [6.45, 7) is 15.4. The number of carbonyl (C=O) groups is 2. The molecule has 1 fully saturated rings. The first-order chi connectivity index (χ1) is 12.0. The summed E-state index contributed by atoms with van der Waals surface area (Å²) in [5.74, 6) is -0.348. The maximum atomic E-state index is 12.9. The number of amides is 1. The number of β-lactam (4-membered cyclic amide) rings is 1. The molecule has 1 heterocycles. The Bertz CT molecular complexity index is 638. The molecule has 5 heteroatoms. The highest BCUT2D eigenvalue weighted by molar-refractivity contribution is 6.74. The molecule has 0 aromatic heterocycles. The molecular weight excluding hydrogens is 342 g/mol. The van der Waals surface area contributed by atoms with Gasteiger partial charge >= 0.3 is 0 Å². The fraction of sp³-hybridized carbons (Fsp3) is 0.619. The van der Waals surface area contributed by atoms with Gasteiger partial charge in [0, 0.05) is 12.5 Å². The number of nitrogens with zero attached hydrogens (tertiary/aromatic N) is 1. The summed E-state index contributed by atoms with van der Waals surface area (Å²) >= 11 is 0. The first-order valence-corrected chi connectivity index (χ1v) is 12.4. The number of rotatable bonds is 7. The van der Waals surface area contributed by atoms with E-state index >= 15 is 0 Å². The average Bonchev–Trinajstić information content (AvgIpc) is 2.55. The molecule has 144 valence electrons. The molecule has 0 bridgehead atoms. The second kappa shape index (κ2) is 7.65. The van der Waals surface area contributed by atoms with E-state index in [-0.39, 0.29) is 34.9 Å². The van der Waals surface area contributed by atoms with Crippen LogP contribution in [0.25, 0.3) is 0 Å². The summed E-state index contributed by atoms with van der Waals surface area (Å²) in [6.07, 6.45) is 0.782.